The summed E-state index contributed by atoms with van der Waals surface area (Å²) in [5.41, 5.74) is 3.97. The van der Waals surface area contributed by atoms with Crippen molar-refractivity contribution < 1.29 is 14.3 Å². The average molecular weight is 399 g/mol. The van der Waals surface area contributed by atoms with E-state index in [0.29, 0.717) is 17.3 Å². The number of fused-ring (bicyclic) bond motifs is 1. The van der Waals surface area contributed by atoms with E-state index in [4.69, 9.17) is 16.3 Å². The Morgan fingerprint density at radius 1 is 1.18 bits per heavy atom. The van der Waals surface area contributed by atoms with Crippen LogP contribution in [0.4, 0.5) is 5.69 Å². The maximum Gasteiger partial charge on any atom is 0.262 e. The monoisotopic (exact) mass is 398 g/mol. The van der Waals surface area contributed by atoms with E-state index in [9.17, 15) is 9.59 Å². The Morgan fingerprint density at radius 3 is 2.75 bits per heavy atom. The fraction of sp³-hybridized carbons (Fsp3) is 0.364. The predicted molar refractivity (Wildman–Crippen MR) is 109 cm³/mol. The van der Waals surface area contributed by atoms with Gasteiger partial charge in [0.1, 0.15) is 5.75 Å². The molecule has 146 valence electrons. The Bertz CT molecular complexity index is 924. The molecule has 1 N–H and O–H groups in total. The number of halogens is 1. The normalized spacial score (nSPS) is 15.7. The number of aryl methyl sites for hydroxylation is 1. The van der Waals surface area contributed by atoms with Crippen molar-refractivity contribution >= 4 is 29.1 Å². The zero-order valence-corrected chi connectivity index (χ0v) is 16.6. The molecule has 0 saturated heterocycles. The molecule has 2 aliphatic rings. The first-order chi connectivity index (χ1) is 13.5. The van der Waals surface area contributed by atoms with Gasteiger partial charge in [0, 0.05) is 29.7 Å². The lowest BCUT2D eigenvalue weighted by atomic mass is 9.98. The molecule has 1 fully saturated rings. The van der Waals surface area contributed by atoms with Crippen molar-refractivity contribution in [2.45, 2.75) is 32.7 Å². The molecule has 0 radical (unpaired) electrons. The highest BCUT2D eigenvalue weighted by molar-refractivity contribution is 6.31. The van der Waals surface area contributed by atoms with Crippen molar-refractivity contribution in [3.63, 3.8) is 0 Å². The summed E-state index contributed by atoms with van der Waals surface area (Å²) in [6.07, 6.45) is 2.90. The van der Waals surface area contributed by atoms with Gasteiger partial charge in [-0.3, -0.25) is 9.59 Å². The number of benzene rings is 2. The molecule has 4 rings (SSSR count). The fourth-order valence-electron chi connectivity index (χ4n) is 3.46. The number of nitrogens with zero attached hydrogens (tertiary/aromatic N) is 1. The molecule has 1 aliphatic heterocycles. The van der Waals surface area contributed by atoms with Crippen LogP contribution >= 0.6 is 11.6 Å². The van der Waals surface area contributed by atoms with Gasteiger partial charge in [0.2, 0.25) is 5.91 Å². The van der Waals surface area contributed by atoms with E-state index in [1.807, 2.05) is 30.0 Å². The number of anilines is 1. The molecule has 6 heteroatoms. The average Bonchev–Trinajstić information content (AvgIpc) is 3.53. The van der Waals surface area contributed by atoms with Crippen molar-refractivity contribution in [2.24, 2.45) is 5.92 Å². The van der Waals surface area contributed by atoms with E-state index < -0.39 is 0 Å². The van der Waals surface area contributed by atoms with Crippen LogP contribution in [0.1, 0.15) is 29.5 Å². The van der Waals surface area contributed by atoms with Gasteiger partial charge < -0.3 is 15.0 Å². The van der Waals surface area contributed by atoms with Crippen LogP contribution in [0, 0.1) is 12.8 Å². The van der Waals surface area contributed by atoms with Crippen LogP contribution in [0.25, 0.3) is 0 Å². The van der Waals surface area contributed by atoms with Crippen molar-refractivity contribution in [1.29, 1.82) is 0 Å². The molecule has 2 amide bonds. The first-order valence-corrected chi connectivity index (χ1v) is 9.97. The van der Waals surface area contributed by atoms with Gasteiger partial charge in [-0.25, -0.2) is 0 Å². The zero-order valence-electron chi connectivity index (χ0n) is 15.8. The van der Waals surface area contributed by atoms with E-state index in [0.717, 1.165) is 42.6 Å². The number of carbonyl (C=O) groups excluding carboxylic acids is 2. The molecule has 1 saturated carbocycles. The summed E-state index contributed by atoms with van der Waals surface area (Å²) in [6.45, 7) is 3.21. The van der Waals surface area contributed by atoms with Crippen LogP contribution < -0.4 is 10.1 Å². The number of carbonyl (C=O) groups is 2. The maximum atomic E-state index is 12.3. The van der Waals surface area contributed by atoms with Crippen LogP contribution in [0.2, 0.25) is 5.02 Å². The lowest BCUT2D eigenvalue weighted by Gasteiger charge is -2.29. The first kappa shape index (κ1) is 18.8. The third kappa shape index (κ3) is 4.30. The van der Waals surface area contributed by atoms with Gasteiger partial charge in [0.25, 0.3) is 5.91 Å². The highest BCUT2D eigenvalue weighted by Crippen LogP contribution is 2.33. The summed E-state index contributed by atoms with van der Waals surface area (Å²) >= 11 is 6.00. The Kier molecular flexibility index (Phi) is 5.27. The molecule has 1 aliphatic carbocycles. The first-order valence-electron chi connectivity index (χ1n) is 9.59. The second-order valence-electron chi connectivity index (χ2n) is 7.52. The molecule has 5 nitrogen and oxygen atoms in total. The second kappa shape index (κ2) is 7.84. The van der Waals surface area contributed by atoms with Crippen LogP contribution in [0.5, 0.6) is 5.75 Å². The lowest BCUT2D eigenvalue weighted by Crippen LogP contribution is -2.36. The van der Waals surface area contributed by atoms with Gasteiger partial charge in [-0.15, -0.1) is 0 Å². The Morgan fingerprint density at radius 2 is 2.00 bits per heavy atom. The Balaban J connectivity index is 1.35. The van der Waals surface area contributed by atoms with Crippen molar-refractivity contribution in [3.05, 3.63) is 58.1 Å². The topological polar surface area (TPSA) is 58.6 Å². The minimum atomic E-state index is -0.228. The van der Waals surface area contributed by atoms with Crippen LogP contribution in [-0.2, 0) is 22.6 Å². The van der Waals surface area contributed by atoms with E-state index >= 15 is 0 Å². The molecule has 2 aromatic carbocycles. The standard InChI is InChI=1S/C22H23ClN2O3/c1-14-10-19(6-7-20(14)23)28-13-21(26)24-18-5-4-15-8-9-25(12-17(15)11-18)22(27)16-2-3-16/h4-7,10-11,16H,2-3,8-9,12-13H2,1H3,(H,24,26). The van der Waals surface area contributed by atoms with Gasteiger partial charge in [-0.05, 0) is 73.2 Å². The van der Waals surface area contributed by atoms with Crippen LogP contribution in [0.15, 0.2) is 36.4 Å². The molecule has 1 heterocycles. The quantitative estimate of drug-likeness (QED) is 0.829. The van der Waals surface area contributed by atoms with Crippen molar-refractivity contribution in [3.8, 4) is 5.75 Å². The third-order valence-corrected chi connectivity index (χ3v) is 5.66. The van der Waals surface area contributed by atoms with E-state index in [-0.39, 0.29) is 24.3 Å². The van der Waals surface area contributed by atoms with E-state index in [2.05, 4.69) is 5.32 Å². The zero-order chi connectivity index (χ0) is 19.7. The number of amides is 2. The lowest BCUT2D eigenvalue weighted by molar-refractivity contribution is -0.133. The predicted octanol–water partition coefficient (Wildman–Crippen LogP) is 3.96. The number of rotatable bonds is 5. The summed E-state index contributed by atoms with van der Waals surface area (Å²) in [5, 5.41) is 3.54. The molecule has 2 aromatic rings. The third-order valence-electron chi connectivity index (χ3n) is 5.24. The second-order valence-corrected chi connectivity index (χ2v) is 7.92. The van der Waals surface area contributed by atoms with Gasteiger partial charge in [0.05, 0.1) is 0 Å². The minimum absolute atomic E-state index is 0.0789. The SMILES string of the molecule is Cc1cc(OCC(=O)Nc2ccc3c(c2)CN(C(=O)C2CC2)CC3)ccc1Cl. The molecular weight excluding hydrogens is 376 g/mol. The van der Waals surface area contributed by atoms with E-state index in [1.54, 1.807) is 18.2 Å². The van der Waals surface area contributed by atoms with Crippen LogP contribution in [-0.4, -0.2) is 29.9 Å². The Labute approximate surface area is 169 Å². The van der Waals surface area contributed by atoms with Crippen molar-refractivity contribution in [2.75, 3.05) is 18.5 Å². The summed E-state index contributed by atoms with van der Waals surface area (Å²) in [4.78, 5) is 26.5. The number of hydrogen-bond donors (Lipinski definition) is 1. The minimum Gasteiger partial charge on any atom is -0.484 e. The number of nitrogens with one attached hydrogen (secondary N) is 1. The molecule has 0 unspecified atom stereocenters. The highest BCUT2D eigenvalue weighted by Gasteiger charge is 2.34. The van der Waals surface area contributed by atoms with Gasteiger partial charge in [0.15, 0.2) is 6.61 Å². The van der Waals surface area contributed by atoms with Crippen molar-refractivity contribution in [1.82, 2.24) is 4.90 Å². The summed E-state index contributed by atoms with van der Waals surface area (Å²) < 4.78 is 5.55. The van der Waals surface area contributed by atoms with Gasteiger partial charge in [-0.1, -0.05) is 17.7 Å². The summed E-state index contributed by atoms with van der Waals surface area (Å²) in [7, 11) is 0. The highest BCUT2D eigenvalue weighted by atomic mass is 35.5. The van der Waals surface area contributed by atoms with Gasteiger partial charge >= 0.3 is 0 Å². The molecule has 28 heavy (non-hydrogen) atoms. The fourth-order valence-corrected chi connectivity index (χ4v) is 3.58. The molecule has 0 bridgehead atoms. The molecular formula is C22H23ClN2O3. The Hall–Kier alpha value is -2.53. The molecule has 0 atom stereocenters. The smallest absolute Gasteiger partial charge is 0.262 e. The number of hydrogen-bond acceptors (Lipinski definition) is 3. The summed E-state index contributed by atoms with van der Waals surface area (Å²) in [6, 6.07) is 11.2. The molecule has 0 aromatic heterocycles. The summed E-state index contributed by atoms with van der Waals surface area (Å²) in [5.74, 6) is 0.885. The maximum absolute atomic E-state index is 12.3. The largest absolute Gasteiger partial charge is 0.484 e. The van der Waals surface area contributed by atoms with Crippen LogP contribution in [0.3, 0.4) is 0 Å². The van der Waals surface area contributed by atoms with Gasteiger partial charge in [-0.2, -0.15) is 0 Å². The van der Waals surface area contributed by atoms with E-state index in [1.165, 1.54) is 5.56 Å². The molecule has 0 spiro atoms. The number of ether oxygens (including phenoxy) is 1.